The first-order valence-electron chi connectivity index (χ1n) is 6.63. The van der Waals surface area contributed by atoms with Gasteiger partial charge in [0.2, 0.25) is 0 Å². The summed E-state index contributed by atoms with van der Waals surface area (Å²) in [5.41, 5.74) is 0.176. The summed E-state index contributed by atoms with van der Waals surface area (Å²) < 4.78 is 0. The van der Waals surface area contributed by atoms with E-state index < -0.39 is 12.1 Å². The van der Waals surface area contributed by atoms with E-state index in [-0.39, 0.29) is 12.2 Å². The second kappa shape index (κ2) is 14.2. The van der Waals surface area contributed by atoms with Crippen LogP contribution >= 0.6 is 0 Å². The predicted molar refractivity (Wildman–Crippen MR) is 73.5 cm³/mol. The van der Waals surface area contributed by atoms with Crippen LogP contribution < -0.4 is 0 Å². The third-order valence-electron chi connectivity index (χ3n) is 2.47. The highest BCUT2D eigenvalue weighted by Crippen LogP contribution is 2.08. The van der Waals surface area contributed by atoms with E-state index in [9.17, 15) is 4.79 Å². The molecule has 0 rings (SSSR count). The summed E-state index contributed by atoms with van der Waals surface area (Å²) in [6.07, 6.45) is 7.68. The van der Waals surface area contributed by atoms with E-state index in [1.807, 2.05) is 0 Å². The molecule has 0 amide bonds. The number of unbranched alkanes of at least 4 members (excludes halogenated alkanes) is 5. The summed E-state index contributed by atoms with van der Waals surface area (Å²) in [4.78, 5) is 9.60. The summed E-state index contributed by atoms with van der Waals surface area (Å²) in [6.45, 7) is 6.72. The molecule has 4 heteroatoms. The van der Waals surface area contributed by atoms with E-state index in [0.717, 1.165) is 12.8 Å². The number of aliphatic hydroxyl groups excluding tert-OH is 2. The number of aliphatic carboxylic acids is 1. The minimum atomic E-state index is -0.935. The lowest BCUT2D eigenvalue weighted by Gasteiger charge is -2.05. The minimum absolute atomic E-state index is 0.0883. The van der Waals surface area contributed by atoms with Gasteiger partial charge in [-0.1, -0.05) is 52.0 Å². The Morgan fingerprint density at radius 1 is 1.17 bits per heavy atom. The van der Waals surface area contributed by atoms with Crippen LogP contribution in [0.15, 0.2) is 12.2 Å². The van der Waals surface area contributed by atoms with Crippen LogP contribution in [0.3, 0.4) is 0 Å². The highest BCUT2D eigenvalue weighted by atomic mass is 16.4. The Balaban J connectivity index is 0. The smallest absolute Gasteiger partial charge is 0.330 e. The van der Waals surface area contributed by atoms with Gasteiger partial charge in [-0.25, -0.2) is 4.79 Å². The lowest BCUT2D eigenvalue weighted by Crippen LogP contribution is -2.10. The van der Waals surface area contributed by atoms with Crippen molar-refractivity contribution in [2.75, 3.05) is 6.61 Å². The molecule has 0 aromatic rings. The van der Waals surface area contributed by atoms with Gasteiger partial charge >= 0.3 is 5.97 Å². The van der Waals surface area contributed by atoms with Gasteiger partial charge in [-0.3, -0.25) is 0 Å². The second-order valence-corrected chi connectivity index (χ2v) is 4.48. The van der Waals surface area contributed by atoms with Crippen LogP contribution in [0, 0.1) is 0 Å². The van der Waals surface area contributed by atoms with Gasteiger partial charge in [0.25, 0.3) is 0 Å². The van der Waals surface area contributed by atoms with Crippen LogP contribution in [-0.2, 0) is 4.79 Å². The molecule has 0 aliphatic rings. The lowest BCUT2D eigenvalue weighted by atomic mass is 10.1. The monoisotopic (exact) mass is 260 g/mol. The minimum Gasteiger partial charge on any atom is -0.478 e. The average molecular weight is 260 g/mol. The van der Waals surface area contributed by atoms with E-state index in [1.54, 1.807) is 0 Å². The molecule has 1 atom stereocenters. The predicted octanol–water partition coefficient (Wildman–Crippen LogP) is 2.74. The Hall–Kier alpha value is -0.870. The fourth-order valence-electron chi connectivity index (χ4n) is 1.25. The van der Waals surface area contributed by atoms with Crippen molar-refractivity contribution in [1.29, 1.82) is 0 Å². The van der Waals surface area contributed by atoms with E-state index in [0.29, 0.717) is 0 Å². The third-order valence-corrected chi connectivity index (χ3v) is 2.47. The quantitative estimate of drug-likeness (QED) is 0.440. The number of carbonyl (C=O) groups is 1. The molecule has 0 saturated carbocycles. The standard InChI is InChI=1S/C10H22O2.C4H6O2/c1-2-3-4-5-6-7-8-10(12)9-11;1-3(2)4(5)6/h10-12H,2-9H2,1H3;1H2,2H3,(H,5,6). The molecule has 0 bridgehead atoms. The zero-order valence-electron chi connectivity index (χ0n) is 11.7. The van der Waals surface area contributed by atoms with Gasteiger partial charge in [0.05, 0.1) is 12.7 Å². The average Bonchev–Trinajstić information content (AvgIpc) is 2.33. The zero-order valence-corrected chi connectivity index (χ0v) is 11.7. The lowest BCUT2D eigenvalue weighted by molar-refractivity contribution is -0.132. The highest BCUT2D eigenvalue weighted by Gasteiger charge is 1.99. The normalized spacial score (nSPS) is 11.3. The van der Waals surface area contributed by atoms with Crippen LogP contribution in [0.2, 0.25) is 0 Å². The van der Waals surface area contributed by atoms with Crippen LogP contribution in [-0.4, -0.2) is 34.0 Å². The van der Waals surface area contributed by atoms with Crippen molar-refractivity contribution in [2.45, 2.75) is 64.9 Å². The topological polar surface area (TPSA) is 77.8 Å². The maximum atomic E-state index is 9.60. The molecular formula is C14H28O4. The summed E-state index contributed by atoms with van der Waals surface area (Å²) in [6, 6.07) is 0. The van der Waals surface area contributed by atoms with Gasteiger partial charge in [-0.15, -0.1) is 0 Å². The fraction of sp³-hybridized carbons (Fsp3) is 0.786. The number of carboxylic acid groups (broad SMARTS) is 1. The second-order valence-electron chi connectivity index (χ2n) is 4.48. The first-order chi connectivity index (χ1) is 8.45. The van der Waals surface area contributed by atoms with Crippen LogP contribution in [0.5, 0.6) is 0 Å². The van der Waals surface area contributed by atoms with E-state index >= 15 is 0 Å². The van der Waals surface area contributed by atoms with Gasteiger partial charge < -0.3 is 15.3 Å². The molecule has 3 N–H and O–H groups in total. The van der Waals surface area contributed by atoms with Gasteiger partial charge in [0.1, 0.15) is 0 Å². The molecule has 0 heterocycles. The SMILES string of the molecule is C=C(C)C(=O)O.CCCCCCCCC(O)CO. The molecule has 1 unspecified atom stereocenters. The van der Waals surface area contributed by atoms with Crippen LogP contribution in [0.1, 0.15) is 58.8 Å². The van der Waals surface area contributed by atoms with E-state index in [2.05, 4.69) is 13.5 Å². The molecule has 0 aromatic carbocycles. The van der Waals surface area contributed by atoms with Crippen molar-refractivity contribution in [3.8, 4) is 0 Å². The maximum absolute atomic E-state index is 9.60. The van der Waals surface area contributed by atoms with E-state index in [4.69, 9.17) is 15.3 Å². The molecule has 0 radical (unpaired) electrons. The Labute approximate surface area is 110 Å². The number of rotatable bonds is 9. The first-order valence-corrected chi connectivity index (χ1v) is 6.63. The van der Waals surface area contributed by atoms with Crippen LogP contribution in [0.4, 0.5) is 0 Å². The molecule has 0 saturated heterocycles. The van der Waals surface area contributed by atoms with Crippen molar-refractivity contribution in [1.82, 2.24) is 0 Å². The number of hydrogen-bond acceptors (Lipinski definition) is 3. The molecule has 0 fully saturated rings. The largest absolute Gasteiger partial charge is 0.478 e. The van der Waals surface area contributed by atoms with Gasteiger partial charge in [0, 0.05) is 5.57 Å². The van der Waals surface area contributed by atoms with Crippen molar-refractivity contribution in [2.24, 2.45) is 0 Å². The Kier molecular flexibility index (Phi) is 15.4. The van der Waals surface area contributed by atoms with Gasteiger partial charge in [-0.2, -0.15) is 0 Å². The zero-order chi connectivity index (χ0) is 14.4. The molecule has 0 aromatic heterocycles. The molecule has 18 heavy (non-hydrogen) atoms. The van der Waals surface area contributed by atoms with Gasteiger partial charge in [0.15, 0.2) is 0 Å². The molecule has 0 aliphatic heterocycles. The maximum Gasteiger partial charge on any atom is 0.330 e. The molecule has 4 nitrogen and oxygen atoms in total. The number of aliphatic hydroxyl groups is 2. The van der Waals surface area contributed by atoms with Gasteiger partial charge in [-0.05, 0) is 13.3 Å². The third kappa shape index (κ3) is 17.5. The van der Waals surface area contributed by atoms with Crippen molar-refractivity contribution in [3.05, 3.63) is 12.2 Å². The number of carboxylic acids is 1. The Morgan fingerprint density at radius 2 is 1.61 bits per heavy atom. The summed E-state index contributed by atoms with van der Waals surface area (Å²) in [7, 11) is 0. The molecule has 108 valence electrons. The van der Waals surface area contributed by atoms with Crippen molar-refractivity contribution in [3.63, 3.8) is 0 Å². The summed E-state index contributed by atoms with van der Waals surface area (Å²) >= 11 is 0. The Bertz CT molecular complexity index is 202. The summed E-state index contributed by atoms with van der Waals surface area (Å²) in [5.74, 6) is -0.935. The fourth-order valence-corrected chi connectivity index (χ4v) is 1.25. The van der Waals surface area contributed by atoms with Crippen LogP contribution in [0.25, 0.3) is 0 Å². The van der Waals surface area contributed by atoms with Crippen molar-refractivity contribution < 1.29 is 20.1 Å². The highest BCUT2D eigenvalue weighted by molar-refractivity contribution is 5.84. The summed E-state index contributed by atoms with van der Waals surface area (Å²) in [5, 5.41) is 25.4. The first kappa shape index (κ1) is 19.5. The molecular weight excluding hydrogens is 232 g/mol. The molecule has 0 aliphatic carbocycles. The number of hydrogen-bond donors (Lipinski definition) is 3. The van der Waals surface area contributed by atoms with Crippen molar-refractivity contribution >= 4 is 5.97 Å². The van der Waals surface area contributed by atoms with E-state index in [1.165, 1.54) is 39.0 Å². The molecule has 0 spiro atoms. The Morgan fingerprint density at radius 3 is 2.00 bits per heavy atom.